The molecule has 118 valence electrons. The molecule has 3 rings (SSSR count). The Hall–Kier alpha value is -3.02. The number of hydrogen-bond acceptors (Lipinski definition) is 4. The van der Waals surface area contributed by atoms with Crippen molar-refractivity contribution < 1.29 is 9.53 Å². The molecule has 2 amide bonds. The zero-order chi connectivity index (χ0) is 16.1. The van der Waals surface area contributed by atoms with Crippen molar-refractivity contribution in [1.29, 1.82) is 0 Å². The fraction of sp³-hybridized carbons (Fsp3) is 0.176. The van der Waals surface area contributed by atoms with Crippen LogP contribution in [0.3, 0.4) is 0 Å². The van der Waals surface area contributed by atoms with E-state index in [2.05, 4.69) is 20.9 Å². The molecule has 0 spiro atoms. The van der Waals surface area contributed by atoms with Gasteiger partial charge in [-0.2, -0.15) is 0 Å². The van der Waals surface area contributed by atoms with Gasteiger partial charge < -0.3 is 20.7 Å². The Bertz CT molecular complexity index is 726. The standard InChI is InChI=1S/C17H18N4O2/c1-23-15-7-5-13(6-8-15)20-17(22)21-14-4-2-3-12(11-14)16-18-9-10-19-16/h2-8,11H,9-10H2,1H3,(H,18,19)(H2,20,21,22). The minimum Gasteiger partial charge on any atom is -0.497 e. The minimum atomic E-state index is -0.298. The summed E-state index contributed by atoms with van der Waals surface area (Å²) in [5.74, 6) is 1.61. The maximum atomic E-state index is 12.1. The quantitative estimate of drug-likeness (QED) is 0.813. The van der Waals surface area contributed by atoms with Gasteiger partial charge in [-0.05, 0) is 36.4 Å². The van der Waals surface area contributed by atoms with Gasteiger partial charge >= 0.3 is 6.03 Å². The van der Waals surface area contributed by atoms with Crippen LogP contribution in [0.4, 0.5) is 16.2 Å². The number of rotatable bonds is 4. The van der Waals surface area contributed by atoms with E-state index in [9.17, 15) is 4.79 Å². The lowest BCUT2D eigenvalue weighted by atomic mass is 10.2. The van der Waals surface area contributed by atoms with Crippen molar-refractivity contribution in [2.75, 3.05) is 30.8 Å². The summed E-state index contributed by atoms with van der Waals surface area (Å²) in [6.45, 7) is 1.63. The number of hydrogen-bond donors (Lipinski definition) is 3. The number of ether oxygens (including phenoxy) is 1. The molecular weight excluding hydrogens is 292 g/mol. The van der Waals surface area contributed by atoms with Gasteiger partial charge in [0, 0.05) is 23.5 Å². The van der Waals surface area contributed by atoms with Gasteiger partial charge in [0.1, 0.15) is 11.6 Å². The van der Waals surface area contributed by atoms with E-state index in [1.807, 2.05) is 24.3 Å². The van der Waals surface area contributed by atoms with Crippen molar-refractivity contribution in [2.45, 2.75) is 0 Å². The summed E-state index contributed by atoms with van der Waals surface area (Å²) >= 11 is 0. The van der Waals surface area contributed by atoms with Crippen LogP contribution in [0.2, 0.25) is 0 Å². The molecule has 0 atom stereocenters. The summed E-state index contributed by atoms with van der Waals surface area (Å²) in [5, 5.41) is 8.81. The van der Waals surface area contributed by atoms with E-state index in [4.69, 9.17) is 4.74 Å². The lowest BCUT2D eigenvalue weighted by molar-refractivity contribution is 0.262. The molecule has 0 saturated carbocycles. The van der Waals surface area contributed by atoms with Gasteiger partial charge in [0.15, 0.2) is 0 Å². The van der Waals surface area contributed by atoms with Crippen LogP contribution in [0.5, 0.6) is 5.75 Å². The second-order valence-electron chi connectivity index (χ2n) is 5.05. The van der Waals surface area contributed by atoms with Crippen LogP contribution in [0.1, 0.15) is 5.56 Å². The summed E-state index contributed by atoms with van der Waals surface area (Å²) < 4.78 is 5.09. The Balaban J connectivity index is 1.64. The fourth-order valence-electron chi connectivity index (χ4n) is 2.30. The topological polar surface area (TPSA) is 74.8 Å². The van der Waals surface area contributed by atoms with Crippen molar-refractivity contribution in [3.63, 3.8) is 0 Å². The van der Waals surface area contributed by atoms with E-state index < -0.39 is 0 Å². The molecular formula is C17H18N4O2. The Morgan fingerprint density at radius 1 is 1.13 bits per heavy atom. The number of carbonyl (C=O) groups excluding carboxylic acids is 1. The summed E-state index contributed by atoms with van der Waals surface area (Å²) in [5.41, 5.74) is 2.37. The van der Waals surface area contributed by atoms with Crippen LogP contribution in [0.25, 0.3) is 0 Å². The molecule has 2 aromatic carbocycles. The first-order valence-electron chi connectivity index (χ1n) is 7.35. The zero-order valence-electron chi connectivity index (χ0n) is 12.8. The van der Waals surface area contributed by atoms with Gasteiger partial charge in [0.25, 0.3) is 0 Å². The molecule has 0 aromatic heterocycles. The largest absolute Gasteiger partial charge is 0.497 e. The van der Waals surface area contributed by atoms with Gasteiger partial charge in [-0.1, -0.05) is 12.1 Å². The molecule has 3 N–H and O–H groups in total. The number of methoxy groups -OCH3 is 1. The predicted octanol–water partition coefficient (Wildman–Crippen LogP) is 2.69. The van der Waals surface area contributed by atoms with Crippen LogP contribution in [0, 0.1) is 0 Å². The van der Waals surface area contributed by atoms with Crippen LogP contribution < -0.4 is 20.7 Å². The van der Waals surface area contributed by atoms with Gasteiger partial charge in [-0.15, -0.1) is 0 Å². The van der Waals surface area contributed by atoms with Crippen LogP contribution in [0.15, 0.2) is 53.5 Å². The van der Waals surface area contributed by atoms with E-state index in [1.54, 1.807) is 31.4 Å². The lowest BCUT2D eigenvalue weighted by Crippen LogP contribution is -2.21. The molecule has 0 fully saturated rings. The Kier molecular flexibility index (Phi) is 4.42. The van der Waals surface area contributed by atoms with Crippen LogP contribution in [-0.4, -0.2) is 32.1 Å². The number of carbonyl (C=O) groups is 1. The highest BCUT2D eigenvalue weighted by molar-refractivity contribution is 6.03. The third-order valence-corrected chi connectivity index (χ3v) is 3.42. The first kappa shape index (κ1) is 14.9. The van der Waals surface area contributed by atoms with Gasteiger partial charge in [-0.3, -0.25) is 4.99 Å². The van der Waals surface area contributed by atoms with Crippen molar-refractivity contribution >= 4 is 23.2 Å². The van der Waals surface area contributed by atoms with Gasteiger partial charge in [-0.25, -0.2) is 4.79 Å². The Morgan fingerprint density at radius 2 is 1.91 bits per heavy atom. The number of aliphatic imine (C=N–C) groups is 1. The lowest BCUT2D eigenvalue weighted by Gasteiger charge is -2.10. The van der Waals surface area contributed by atoms with Crippen LogP contribution >= 0.6 is 0 Å². The number of amides is 2. The smallest absolute Gasteiger partial charge is 0.323 e. The monoisotopic (exact) mass is 310 g/mol. The average Bonchev–Trinajstić information content (AvgIpc) is 3.10. The number of benzene rings is 2. The molecule has 0 saturated heterocycles. The third-order valence-electron chi connectivity index (χ3n) is 3.42. The SMILES string of the molecule is COc1ccc(NC(=O)Nc2cccc(C3=NCCN3)c2)cc1. The molecule has 2 aromatic rings. The van der Waals surface area contributed by atoms with Gasteiger partial charge in [0.05, 0.1) is 13.7 Å². The molecule has 0 unspecified atom stereocenters. The second-order valence-corrected chi connectivity index (χ2v) is 5.05. The molecule has 0 radical (unpaired) electrons. The summed E-state index contributed by atoms with van der Waals surface area (Å²) in [7, 11) is 1.60. The molecule has 1 aliphatic heterocycles. The molecule has 23 heavy (non-hydrogen) atoms. The highest BCUT2D eigenvalue weighted by atomic mass is 16.5. The minimum absolute atomic E-state index is 0.298. The second kappa shape index (κ2) is 6.83. The van der Waals surface area contributed by atoms with E-state index in [0.29, 0.717) is 11.4 Å². The Labute approximate surface area is 134 Å². The van der Waals surface area contributed by atoms with E-state index in [1.165, 1.54) is 0 Å². The number of amidine groups is 1. The molecule has 1 aliphatic rings. The molecule has 6 heteroatoms. The van der Waals surface area contributed by atoms with Crippen molar-refractivity contribution in [2.24, 2.45) is 4.99 Å². The van der Waals surface area contributed by atoms with E-state index >= 15 is 0 Å². The predicted molar refractivity (Wildman–Crippen MR) is 91.5 cm³/mol. The Morgan fingerprint density at radius 3 is 2.61 bits per heavy atom. The molecule has 1 heterocycles. The first-order valence-corrected chi connectivity index (χ1v) is 7.35. The van der Waals surface area contributed by atoms with Crippen LogP contribution in [-0.2, 0) is 0 Å². The number of nitrogens with zero attached hydrogens (tertiary/aromatic N) is 1. The maximum Gasteiger partial charge on any atom is 0.323 e. The van der Waals surface area contributed by atoms with Crippen molar-refractivity contribution in [1.82, 2.24) is 5.32 Å². The number of urea groups is 1. The van der Waals surface area contributed by atoms with Gasteiger partial charge in [0.2, 0.25) is 0 Å². The summed E-state index contributed by atoms with van der Waals surface area (Å²) in [4.78, 5) is 16.4. The number of anilines is 2. The number of nitrogens with one attached hydrogen (secondary N) is 3. The van der Waals surface area contributed by atoms with Crippen molar-refractivity contribution in [3.05, 3.63) is 54.1 Å². The van der Waals surface area contributed by atoms with E-state index in [0.717, 1.165) is 30.2 Å². The zero-order valence-corrected chi connectivity index (χ0v) is 12.8. The highest BCUT2D eigenvalue weighted by Gasteiger charge is 2.09. The first-order chi connectivity index (χ1) is 11.2. The fourth-order valence-corrected chi connectivity index (χ4v) is 2.30. The summed E-state index contributed by atoms with van der Waals surface area (Å²) in [6.07, 6.45) is 0. The molecule has 0 bridgehead atoms. The van der Waals surface area contributed by atoms with Crippen molar-refractivity contribution in [3.8, 4) is 5.75 Å². The highest BCUT2D eigenvalue weighted by Crippen LogP contribution is 2.16. The summed E-state index contributed by atoms with van der Waals surface area (Å²) in [6, 6.07) is 14.4. The third kappa shape index (κ3) is 3.79. The average molecular weight is 310 g/mol. The molecule has 0 aliphatic carbocycles. The van der Waals surface area contributed by atoms with E-state index in [-0.39, 0.29) is 6.03 Å². The molecule has 6 nitrogen and oxygen atoms in total. The maximum absolute atomic E-state index is 12.1. The normalized spacial score (nSPS) is 13.0.